The molecule has 2 heterocycles. The van der Waals surface area contributed by atoms with Gasteiger partial charge in [0.25, 0.3) is 0 Å². The summed E-state index contributed by atoms with van der Waals surface area (Å²) in [5, 5.41) is 0. The number of anilines is 1. The first-order chi connectivity index (χ1) is 12.1. The maximum Gasteiger partial charge on any atom is 0.322 e. The van der Waals surface area contributed by atoms with Gasteiger partial charge in [0.1, 0.15) is 6.04 Å². The van der Waals surface area contributed by atoms with Gasteiger partial charge in [0.15, 0.2) is 0 Å². The summed E-state index contributed by atoms with van der Waals surface area (Å²) >= 11 is 0. The Morgan fingerprint density at radius 2 is 1.84 bits per heavy atom. The Hall–Kier alpha value is -1.92. The average Bonchev–Trinajstić information content (AvgIpc) is 2.66. The minimum atomic E-state index is -0.225. The number of para-hydroxylation sites is 1. The van der Waals surface area contributed by atoms with Gasteiger partial charge < -0.3 is 9.64 Å². The van der Waals surface area contributed by atoms with E-state index in [1.54, 1.807) is 0 Å². The van der Waals surface area contributed by atoms with Gasteiger partial charge in [-0.25, -0.2) is 0 Å². The number of esters is 1. The largest absolute Gasteiger partial charge is 0.468 e. The van der Waals surface area contributed by atoms with Crippen molar-refractivity contribution >= 4 is 17.6 Å². The second kappa shape index (κ2) is 7.97. The van der Waals surface area contributed by atoms with Crippen molar-refractivity contribution in [2.75, 3.05) is 51.3 Å². The molecule has 0 bridgehead atoms. The molecule has 2 aliphatic heterocycles. The molecule has 0 spiro atoms. The van der Waals surface area contributed by atoms with Gasteiger partial charge in [-0.15, -0.1) is 0 Å². The van der Waals surface area contributed by atoms with Gasteiger partial charge in [0, 0.05) is 38.4 Å². The Morgan fingerprint density at radius 1 is 1.12 bits per heavy atom. The highest BCUT2D eigenvalue weighted by Crippen LogP contribution is 2.26. The monoisotopic (exact) mass is 345 g/mol. The highest BCUT2D eigenvalue weighted by Gasteiger charge is 2.28. The van der Waals surface area contributed by atoms with E-state index in [9.17, 15) is 9.59 Å². The van der Waals surface area contributed by atoms with Crippen molar-refractivity contribution < 1.29 is 14.3 Å². The summed E-state index contributed by atoms with van der Waals surface area (Å²) in [6.45, 7) is 6.26. The first-order valence-corrected chi connectivity index (χ1v) is 9.02. The third-order valence-corrected chi connectivity index (χ3v) is 5.27. The molecule has 2 aliphatic rings. The van der Waals surface area contributed by atoms with Crippen LogP contribution in [-0.4, -0.2) is 74.1 Å². The van der Waals surface area contributed by atoms with Crippen LogP contribution in [0.1, 0.15) is 18.9 Å². The lowest BCUT2D eigenvalue weighted by atomic mass is 10.0. The topological polar surface area (TPSA) is 53.1 Å². The molecule has 1 aromatic carbocycles. The zero-order valence-corrected chi connectivity index (χ0v) is 15.1. The van der Waals surface area contributed by atoms with Crippen LogP contribution >= 0.6 is 0 Å². The average molecular weight is 345 g/mol. The maximum atomic E-state index is 12.8. The standard InChI is InChI=1S/C19H27N3O3/c1-15(19(24)25-2)21-12-10-20(11-13-21)14-18(23)22-9-5-7-16-6-3-4-8-17(16)22/h3-4,6,8,15H,5,7,9-14H2,1-2H3/t15-/m1/s1. The fourth-order valence-corrected chi connectivity index (χ4v) is 3.70. The minimum absolute atomic E-state index is 0.168. The number of fused-ring (bicyclic) bond motifs is 1. The number of hydrogen-bond acceptors (Lipinski definition) is 5. The molecule has 1 fully saturated rings. The number of rotatable bonds is 4. The van der Waals surface area contributed by atoms with Crippen molar-refractivity contribution in [2.24, 2.45) is 0 Å². The van der Waals surface area contributed by atoms with Crippen LogP contribution in [-0.2, 0) is 20.7 Å². The van der Waals surface area contributed by atoms with Crippen molar-refractivity contribution in [1.82, 2.24) is 9.80 Å². The molecule has 136 valence electrons. The predicted octanol–water partition coefficient (Wildman–Crippen LogP) is 1.14. The summed E-state index contributed by atoms with van der Waals surface area (Å²) in [7, 11) is 1.42. The van der Waals surface area contributed by atoms with Gasteiger partial charge in [0.2, 0.25) is 5.91 Å². The third-order valence-electron chi connectivity index (χ3n) is 5.27. The molecule has 0 radical (unpaired) electrons. The van der Waals surface area contributed by atoms with Crippen molar-refractivity contribution in [3.05, 3.63) is 29.8 Å². The van der Waals surface area contributed by atoms with E-state index in [1.165, 1.54) is 12.7 Å². The summed E-state index contributed by atoms with van der Waals surface area (Å²) in [5.74, 6) is -0.0314. The lowest BCUT2D eigenvalue weighted by Gasteiger charge is -2.38. The molecule has 0 N–H and O–H groups in total. The summed E-state index contributed by atoms with van der Waals surface area (Å²) in [4.78, 5) is 30.7. The fraction of sp³-hybridized carbons (Fsp3) is 0.579. The second-order valence-electron chi connectivity index (χ2n) is 6.79. The van der Waals surface area contributed by atoms with Gasteiger partial charge in [-0.3, -0.25) is 19.4 Å². The number of methoxy groups -OCH3 is 1. The Bertz CT molecular complexity index is 626. The molecule has 0 aliphatic carbocycles. The van der Waals surface area contributed by atoms with Gasteiger partial charge >= 0.3 is 5.97 Å². The highest BCUT2D eigenvalue weighted by molar-refractivity contribution is 5.96. The number of piperazine rings is 1. The number of benzene rings is 1. The smallest absolute Gasteiger partial charge is 0.322 e. The molecule has 6 heteroatoms. The summed E-state index contributed by atoms with van der Waals surface area (Å²) in [5.41, 5.74) is 2.33. The van der Waals surface area contributed by atoms with Gasteiger partial charge in [-0.05, 0) is 31.4 Å². The second-order valence-corrected chi connectivity index (χ2v) is 6.79. The van der Waals surface area contributed by atoms with Crippen LogP contribution in [0.2, 0.25) is 0 Å². The zero-order valence-electron chi connectivity index (χ0n) is 15.1. The quantitative estimate of drug-likeness (QED) is 0.766. The van der Waals surface area contributed by atoms with Gasteiger partial charge in [-0.1, -0.05) is 18.2 Å². The van der Waals surface area contributed by atoms with Crippen LogP contribution < -0.4 is 4.90 Å². The maximum absolute atomic E-state index is 12.8. The van der Waals surface area contributed by atoms with Crippen molar-refractivity contribution in [2.45, 2.75) is 25.8 Å². The van der Waals surface area contributed by atoms with Crippen LogP contribution in [0.4, 0.5) is 5.69 Å². The van der Waals surface area contributed by atoms with Crippen molar-refractivity contribution in [3.63, 3.8) is 0 Å². The molecule has 1 aromatic rings. The van der Waals surface area contributed by atoms with Crippen LogP contribution in [0, 0.1) is 0 Å². The molecule has 25 heavy (non-hydrogen) atoms. The first-order valence-electron chi connectivity index (χ1n) is 9.02. The molecule has 0 aromatic heterocycles. The predicted molar refractivity (Wildman–Crippen MR) is 96.6 cm³/mol. The van der Waals surface area contributed by atoms with E-state index in [1.807, 2.05) is 30.0 Å². The molecule has 6 nitrogen and oxygen atoms in total. The number of carbonyl (C=O) groups is 2. The van der Waals surface area contributed by atoms with Gasteiger partial charge in [-0.2, -0.15) is 0 Å². The van der Waals surface area contributed by atoms with E-state index in [0.29, 0.717) is 6.54 Å². The van der Waals surface area contributed by atoms with Crippen molar-refractivity contribution in [3.8, 4) is 0 Å². The van der Waals surface area contributed by atoms with E-state index in [2.05, 4.69) is 15.9 Å². The molecule has 0 saturated carbocycles. The van der Waals surface area contributed by atoms with Gasteiger partial charge in [0.05, 0.1) is 13.7 Å². The summed E-state index contributed by atoms with van der Waals surface area (Å²) in [6.07, 6.45) is 2.07. The molecular weight excluding hydrogens is 318 g/mol. The zero-order chi connectivity index (χ0) is 17.8. The van der Waals surface area contributed by atoms with Crippen LogP contribution in [0.3, 0.4) is 0 Å². The Labute approximate surface area is 149 Å². The Morgan fingerprint density at radius 3 is 2.56 bits per heavy atom. The molecule has 3 rings (SSSR count). The lowest BCUT2D eigenvalue weighted by Crippen LogP contribution is -2.54. The number of amides is 1. The SMILES string of the molecule is COC(=O)[C@@H](C)N1CCN(CC(=O)N2CCCc3ccccc32)CC1. The van der Waals surface area contributed by atoms with Crippen LogP contribution in [0.15, 0.2) is 24.3 Å². The first kappa shape index (κ1) is 17.9. The molecule has 1 atom stereocenters. The molecular formula is C19H27N3O3. The van der Waals surface area contributed by atoms with E-state index < -0.39 is 0 Å². The Kier molecular flexibility index (Phi) is 5.71. The third kappa shape index (κ3) is 4.02. The number of nitrogens with zero attached hydrogens (tertiary/aromatic N) is 3. The fourth-order valence-electron chi connectivity index (χ4n) is 3.70. The summed E-state index contributed by atoms with van der Waals surface area (Å²) < 4.78 is 4.81. The Balaban J connectivity index is 1.55. The molecule has 0 unspecified atom stereocenters. The molecule has 1 saturated heterocycles. The van der Waals surface area contributed by atoms with E-state index >= 15 is 0 Å². The summed E-state index contributed by atoms with van der Waals surface area (Å²) in [6, 6.07) is 7.97. The van der Waals surface area contributed by atoms with E-state index in [0.717, 1.165) is 51.3 Å². The van der Waals surface area contributed by atoms with E-state index in [-0.39, 0.29) is 17.9 Å². The number of ether oxygens (including phenoxy) is 1. The minimum Gasteiger partial charge on any atom is -0.468 e. The normalized spacial score (nSPS) is 20.0. The van der Waals surface area contributed by atoms with E-state index in [4.69, 9.17) is 4.74 Å². The van der Waals surface area contributed by atoms with Crippen LogP contribution in [0.25, 0.3) is 0 Å². The molecule has 1 amide bonds. The number of aryl methyl sites for hydroxylation is 1. The van der Waals surface area contributed by atoms with Crippen LogP contribution in [0.5, 0.6) is 0 Å². The van der Waals surface area contributed by atoms with Crippen molar-refractivity contribution in [1.29, 1.82) is 0 Å². The number of carbonyl (C=O) groups excluding carboxylic acids is 2. The lowest BCUT2D eigenvalue weighted by molar-refractivity contribution is -0.147. The highest BCUT2D eigenvalue weighted by atomic mass is 16.5. The number of hydrogen-bond donors (Lipinski definition) is 0.